The Bertz CT molecular complexity index is 1630. The number of aromatic nitrogens is 8. The number of halogens is 3. The Kier molecular flexibility index (Phi) is 16.3. The number of carbonyl (C=O) groups excluding carboxylic acids is 2. The molecule has 4 saturated carbocycles. The molecule has 2 N–H and O–H groups in total. The van der Waals surface area contributed by atoms with Crippen LogP contribution in [0.15, 0.2) is 49.1 Å². The van der Waals surface area contributed by atoms with Crippen LogP contribution < -0.4 is 0 Å². The molecule has 0 amide bonds. The highest BCUT2D eigenvalue weighted by atomic mass is 35.5. The summed E-state index contributed by atoms with van der Waals surface area (Å²) in [5.74, 6) is 2.00. The molecule has 4 fully saturated rings. The molecule has 0 unspecified atom stereocenters. The van der Waals surface area contributed by atoms with E-state index < -0.39 is 13.1 Å². The SMILES string of the molecule is C.COC(=O)c1nccc(C2CC2)n1.Clc1ccnc(Cl)n1.Clc1nccc(C2CC2)n1.O=Cc1nccc(C2CC2)n1.OB(O)C1CC1. The fraction of sp³-hybridized carbons (Fsp3) is 0.438. The van der Waals surface area contributed by atoms with Gasteiger partial charge in [-0.2, -0.15) is 0 Å². The lowest BCUT2D eigenvalue weighted by Gasteiger charge is -1.99. The largest absolute Gasteiger partial charge is 0.463 e. The van der Waals surface area contributed by atoms with Crippen LogP contribution in [0.2, 0.25) is 21.5 Å². The van der Waals surface area contributed by atoms with Gasteiger partial charge in [-0.05, 0) is 91.8 Å². The Labute approximate surface area is 300 Å². The van der Waals surface area contributed by atoms with Gasteiger partial charge in [0.15, 0.2) is 12.1 Å². The Morgan fingerprint density at radius 3 is 1.57 bits per heavy atom. The molecule has 8 rings (SSSR count). The summed E-state index contributed by atoms with van der Waals surface area (Å²) in [6.45, 7) is 0. The van der Waals surface area contributed by atoms with Crippen LogP contribution in [0.5, 0.6) is 0 Å². The molecule has 49 heavy (non-hydrogen) atoms. The molecule has 4 aliphatic carbocycles. The van der Waals surface area contributed by atoms with Gasteiger partial charge in [0.2, 0.25) is 16.4 Å². The van der Waals surface area contributed by atoms with E-state index in [1.165, 1.54) is 39.0 Å². The van der Waals surface area contributed by atoms with Crippen molar-refractivity contribution in [1.29, 1.82) is 0 Å². The van der Waals surface area contributed by atoms with Gasteiger partial charge in [-0.25, -0.2) is 44.7 Å². The van der Waals surface area contributed by atoms with Gasteiger partial charge in [-0.1, -0.05) is 31.9 Å². The van der Waals surface area contributed by atoms with Crippen molar-refractivity contribution in [1.82, 2.24) is 39.9 Å². The Morgan fingerprint density at radius 1 is 0.714 bits per heavy atom. The molecule has 0 saturated heterocycles. The van der Waals surface area contributed by atoms with Gasteiger partial charge in [-0.3, -0.25) is 4.79 Å². The van der Waals surface area contributed by atoms with Crippen LogP contribution in [0, 0.1) is 0 Å². The second-order valence-corrected chi connectivity index (χ2v) is 12.3. The molecule has 4 aliphatic rings. The molecule has 0 bridgehead atoms. The van der Waals surface area contributed by atoms with Crippen LogP contribution in [0.25, 0.3) is 0 Å². The summed E-state index contributed by atoms with van der Waals surface area (Å²) in [5.41, 5.74) is 3.07. The van der Waals surface area contributed by atoms with Crippen molar-refractivity contribution in [3.8, 4) is 0 Å². The van der Waals surface area contributed by atoms with Gasteiger partial charge in [0.1, 0.15) is 5.15 Å². The first-order chi connectivity index (χ1) is 23.2. The second-order valence-electron chi connectivity index (χ2n) is 11.2. The zero-order valence-electron chi connectivity index (χ0n) is 26.1. The Balaban J connectivity index is 0.000000168. The maximum Gasteiger partial charge on any atom is 0.454 e. The number of hydrogen-bond donors (Lipinski definition) is 2. The lowest BCUT2D eigenvalue weighted by Crippen LogP contribution is -2.09. The van der Waals surface area contributed by atoms with Crippen molar-refractivity contribution >= 4 is 54.2 Å². The maximum absolute atomic E-state index is 11.1. The van der Waals surface area contributed by atoms with E-state index in [9.17, 15) is 9.59 Å². The van der Waals surface area contributed by atoms with Crippen LogP contribution in [0.3, 0.4) is 0 Å². The molecule has 0 aliphatic heterocycles. The molecule has 4 heterocycles. The van der Waals surface area contributed by atoms with Crippen molar-refractivity contribution < 1.29 is 24.4 Å². The van der Waals surface area contributed by atoms with Gasteiger partial charge in [0.25, 0.3) is 0 Å². The zero-order valence-corrected chi connectivity index (χ0v) is 28.3. The smallest absolute Gasteiger partial charge is 0.454 e. The van der Waals surface area contributed by atoms with Crippen molar-refractivity contribution in [2.45, 2.75) is 82.4 Å². The van der Waals surface area contributed by atoms with Crippen LogP contribution in [0.1, 0.15) is 115 Å². The van der Waals surface area contributed by atoms with Gasteiger partial charge in [0.05, 0.1) is 7.11 Å². The van der Waals surface area contributed by atoms with E-state index >= 15 is 0 Å². The standard InChI is InChI=1S/C9H10N2O2.C8H8N2O.C7H7ClN2.C4H2Cl2N2.C3H7BO2.CH4/c1-13-9(12)8-10-5-4-7(11-8)6-2-3-6;11-5-8-9-4-3-7(10-8)6-1-2-6;8-7-9-4-3-6(10-7)5-1-2-5;5-3-1-2-7-4(6)8-3;5-4(6)3-1-2-3;/h4-6H,2-3H2,1H3;3-6H,1-2H2;3-5H,1-2H2;1-2H;3,5-6H,1-2H2;1H4. The summed E-state index contributed by atoms with van der Waals surface area (Å²) in [6, 6.07) is 7.23. The van der Waals surface area contributed by atoms with Crippen LogP contribution in [-0.2, 0) is 4.74 Å². The van der Waals surface area contributed by atoms with Crippen molar-refractivity contribution in [3.63, 3.8) is 0 Å². The molecule has 17 heteroatoms. The highest BCUT2D eigenvalue weighted by molar-refractivity contribution is 6.44. The first-order valence-electron chi connectivity index (χ1n) is 15.3. The maximum atomic E-state index is 11.1. The summed E-state index contributed by atoms with van der Waals surface area (Å²) >= 11 is 16.3. The van der Waals surface area contributed by atoms with Crippen LogP contribution >= 0.6 is 34.8 Å². The van der Waals surface area contributed by atoms with E-state index in [1.54, 1.807) is 24.7 Å². The average Bonchev–Trinajstić information content (AvgIpc) is 3.93. The quantitative estimate of drug-likeness (QED) is 0.0734. The number of hydrogen-bond acceptors (Lipinski definition) is 13. The number of ether oxygens (including phenoxy) is 1. The van der Waals surface area contributed by atoms with E-state index in [-0.39, 0.29) is 24.4 Å². The summed E-state index contributed by atoms with van der Waals surface area (Å²) in [5, 5.41) is 17.4. The number of carbonyl (C=O) groups is 2. The van der Waals surface area contributed by atoms with E-state index in [0.29, 0.717) is 40.3 Å². The van der Waals surface area contributed by atoms with Crippen molar-refractivity contribution in [3.05, 3.63) is 93.5 Å². The first kappa shape index (κ1) is 39.8. The third-order valence-corrected chi connectivity index (χ3v) is 7.69. The summed E-state index contributed by atoms with van der Waals surface area (Å²) in [7, 11) is 0.292. The van der Waals surface area contributed by atoms with Crippen molar-refractivity contribution in [2.75, 3.05) is 7.11 Å². The van der Waals surface area contributed by atoms with Gasteiger partial charge >= 0.3 is 13.1 Å². The van der Waals surface area contributed by atoms with Crippen LogP contribution in [0.4, 0.5) is 0 Å². The molecule has 0 spiro atoms. The predicted molar refractivity (Wildman–Crippen MR) is 186 cm³/mol. The molecule has 260 valence electrons. The highest BCUT2D eigenvalue weighted by Gasteiger charge is 2.33. The Hall–Kier alpha value is -3.69. The monoisotopic (exact) mass is 730 g/mol. The fourth-order valence-corrected chi connectivity index (χ4v) is 4.36. The van der Waals surface area contributed by atoms with E-state index in [1.807, 2.05) is 18.2 Å². The van der Waals surface area contributed by atoms with Crippen LogP contribution in [-0.4, -0.2) is 76.4 Å². The third kappa shape index (κ3) is 15.2. The number of rotatable bonds is 6. The van der Waals surface area contributed by atoms with E-state index in [4.69, 9.17) is 44.9 Å². The molecule has 0 atom stereocenters. The number of esters is 1. The predicted octanol–water partition coefficient (Wildman–Crippen LogP) is 6.36. The van der Waals surface area contributed by atoms with E-state index in [2.05, 4.69) is 44.6 Å². The number of nitrogens with zero attached hydrogens (tertiary/aromatic N) is 8. The van der Waals surface area contributed by atoms with Gasteiger partial charge in [0, 0.05) is 59.6 Å². The third-order valence-electron chi connectivity index (χ3n) is 7.12. The average molecular weight is 732 g/mol. The molecule has 0 radical (unpaired) electrons. The highest BCUT2D eigenvalue weighted by Crippen LogP contribution is 2.40. The minimum atomic E-state index is -1.04. The van der Waals surface area contributed by atoms with Gasteiger partial charge in [-0.15, -0.1) is 0 Å². The number of aldehydes is 1. The molecule has 0 aromatic carbocycles. The molecule has 4 aromatic rings. The van der Waals surface area contributed by atoms with Gasteiger partial charge < -0.3 is 14.8 Å². The summed E-state index contributed by atoms with van der Waals surface area (Å²) < 4.78 is 4.53. The zero-order chi connectivity index (χ0) is 34.5. The molecule has 4 aromatic heterocycles. The van der Waals surface area contributed by atoms with E-state index in [0.717, 1.165) is 42.8 Å². The first-order valence-corrected chi connectivity index (χ1v) is 16.5. The lowest BCUT2D eigenvalue weighted by atomic mass is 9.84. The summed E-state index contributed by atoms with van der Waals surface area (Å²) in [4.78, 5) is 52.3. The second kappa shape index (κ2) is 20.1. The topological polar surface area (TPSA) is 187 Å². The lowest BCUT2D eigenvalue weighted by molar-refractivity contribution is 0.0586. The molecule has 13 nitrogen and oxygen atoms in total. The minimum absolute atomic E-state index is 0. The molecular formula is C32H38BCl3N8O5. The van der Waals surface area contributed by atoms with Crippen molar-refractivity contribution in [2.24, 2.45) is 0 Å². The Morgan fingerprint density at radius 2 is 1.18 bits per heavy atom. The minimum Gasteiger partial charge on any atom is -0.463 e. The molecular weight excluding hydrogens is 694 g/mol. The fourth-order valence-electron chi connectivity index (χ4n) is 3.88. The summed E-state index contributed by atoms with van der Waals surface area (Å²) in [6.07, 6.45) is 16.4. The normalized spacial score (nSPS) is 15.4. The number of methoxy groups -OCH3 is 1.